The summed E-state index contributed by atoms with van der Waals surface area (Å²) in [6, 6.07) is 11.3. The number of rotatable bonds is 5. The molecule has 1 aromatic carbocycles. The number of hydrogen-bond acceptors (Lipinski definition) is 5. The number of aromatic nitrogens is 3. The van der Waals surface area contributed by atoms with Crippen LogP contribution in [-0.4, -0.2) is 63.2 Å². The van der Waals surface area contributed by atoms with Crippen LogP contribution in [0.1, 0.15) is 18.2 Å². The smallest absolute Gasteiger partial charge is 0.275 e. The van der Waals surface area contributed by atoms with Crippen LogP contribution < -0.4 is 5.56 Å². The van der Waals surface area contributed by atoms with Crippen LogP contribution in [-0.2, 0) is 17.8 Å². The van der Waals surface area contributed by atoms with Crippen molar-refractivity contribution in [1.29, 1.82) is 0 Å². The van der Waals surface area contributed by atoms with Crippen LogP contribution in [0.2, 0.25) is 0 Å². The Morgan fingerprint density at radius 2 is 1.69 bits per heavy atom. The van der Waals surface area contributed by atoms with Gasteiger partial charge in [0, 0.05) is 50.4 Å². The SMILES string of the molecule is CCN1CCN(C(=O)Cn2nc(Cc3ccncc3)c3ccccc3c2=O)CC1. The van der Waals surface area contributed by atoms with E-state index in [1.165, 1.54) is 4.68 Å². The fourth-order valence-corrected chi connectivity index (χ4v) is 3.78. The van der Waals surface area contributed by atoms with E-state index in [0.29, 0.717) is 24.9 Å². The molecule has 0 spiro atoms. The van der Waals surface area contributed by atoms with Gasteiger partial charge >= 0.3 is 0 Å². The summed E-state index contributed by atoms with van der Waals surface area (Å²) in [5.74, 6) is -0.0551. The number of pyridine rings is 1. The van der Waals surface area contributed by atoms with Gasteiger partial charge in [0.05, 0.1) is 11.1 Å². The van der Waals surface area contributed by atoms with E-state index in [0.717, 1.165) is 36.3 Å². The zero-order valence-electron chi connectivity index (χ0n) is 16.6. The predicted molar refractivity (Wildman–Crippen MR) is 112 cm³/mol. The highest BCUT2D eigenvalue weighted by molar-refractivity contribution is 5.84. The maximum absolute atomic E-state index is 13.0. The normalized spacial score (nSPS) is 15.0. The van der Waals surface area contributed by atoms with E-state index in [9.17, 15) is 9.59 Å². The molecule has 150 valence electrons. The zero-order chi connectivity index (χ0) is 20.2. The van der Waals surface area contributed by atoms with E-state index < -0.39 is 0 Å². The van der Waals surface area contributed by atoms with Crippen molar-refractivity contribution in [3.8, 4) is 0 Å². The number of carbonyl (C=O) groups excluding carboxylic acids is 1. The van der Waals surface area contributed by atoms with E-state index in [1.54, 1.807) is 18.5 Å². The molecule has 2 aromatic heterocycles. The van der Waals surface area contributed by atoms with Crippen molar-refractivity contribution < 1.29 is 4.79 Å². The Labute approximate surface area is 169 Å². The summed E-state index contributed by atoms with van der Waals surface area (Å²) in [6.07, 6.45) is 4.06. The predicted octanol–water partition coefficient (Wildman–Crippen LogP) is 1.55. The molecular weight excluding hydrogens is 366 g/mol. The molecule has 0 aliphatic carbocycles. The van der Waals surface area contributed by atoms with Crippen molar-refractivity contribution in [2.75, 3.05) is 32.7 Å². The van der Waals surface area contributed by atoms with Gasteiger partial charge < -0.3 is 9.80 Å². The lowest BCUT2D eigenvalue weighted by molar-refractivity contribution is -0.133. The van der Waals surface area contributed by atoms with Gasteiger partial charge in [0.2, 0.25) is 5.91 Å². The molecule has 1 fully saturated rings. The second-order valence-corrected chi connectivity index (χ2v) is 7.30. The van der Waals surface area contributed by atoms with Crippen LogP contribution >= 0.6 is 0 Å². The third-order valence-electron chi connectivity index (χ3n) is 5.52. The first-order valence-electron chi connectivity index (χ1n) is 10.0. The van der Waals surface area contributed by atoms with Gasteiger partial charge in [0.25, 0.3) is 5.56 Å². The fourth-order valence-electron chi connectivity index (χ4n) is 3.78. The van der Waals surface area contributed by atoms with Crippen molar-refractivity contribution in [2.45, 2.75) is 19.9 Å². The fraction of sp³-hybridized carbons (Fsp3) is 0.364. The van der Waals surface area contributed by atoms with Crippen LogP contribution in [0, 0.1) is 0 Å². The number of amides is 1. The first kappa shape index (κ1) is 19.3. The number of hydrogen-bond donors (Lipinski definition) is 0. The molecule has 0 N–H and O–H groups in total. The van der Waals surface area contributed by atoms with Crippen LogP contribution in [0.5, 0.6) is 0 Å². The molecule has 0 saturated carbocycles. The van der Waals surface area contributed by atoms with Gasteiger partial charge in [-0.25, -0.2) is 4.68 Å². The number of nitrogens with zero attached hydrogens (tertiary/aromatic N) is 5. The molecule has 3 heterocycles. The highest BCUT2D eigenvalue weighted by Crippen LogP contribution is 2.17. The van der Waals surface area contributed by atoms with Gasteiger partial charge in [-0.3, -0.25) is 14.6 Å². The Bertz CT molecular complexity index is 1060. The Kier molecular flexibility index (Phi) is 5.67. The van der Waals surface area contributed by atoms with Crippen molar-refractivity contribution in [1.82, 2.24) is 24.6 Å². The monoisotopic (exact) mass is 391 g/mol. The minimum absolute atomic E-state index is 0.0286. The second-order valence-electron chi connectivity index (χ2n) is 7.30. The summed E-state index contributed by atoms with van der Waals surface area (Å²) < 4.78 is 1.33. The standard InChI is InChI=1S/C22H25N5O2/c1-2-25-11-13-26(14-12-25)21(28)16-27-22(29)19-6-4-3-5-18(19)20(24-27)15-17-7-9-23-10-8-17/h3-10H,2,11-16H2,1H3. The molecule has 7 nitrogen and oxygen atoms in total. The molecule has 0 atom stereocenters. The van der Waals surface area contributed by atoms with Gasteiger partial charge in [-0.15, -0.1) is 0 Å². The molecule has 1 saturated heterocycles. The first-order valence-corrected chi connectivity index (χ1v) is 10.0. The molecule has 0 radical (unpaired) electrons. The highest BCUT2D eigenvalue weighted by atomic mass is 16.2. The van der Waals surface area contributed by atoms with E-state index in [4.69, 9.17) is 0 Å². The molecule has 3 aromatic rings. The van der Waals surface area contributed by atoms with Crippen molar-refractivity contribution in [3.05, 3.63) is 70.4 Å². The average molecular weight is 391 g/mol. The van der Waals surface area contributed by atoms with Crippen molar-refractivity contribution >= 4 is 16.7 Å². The zero-order valence-corrected chi connectivity index (χ0v) is 16.6. The summed E-state index contributed by atoms with van der Waals surface area (Å²) in [5, 5.41) is 6.01. The van der Waals surface area contributed by atoms with E-state index >= 15 is 0 Å². The lowest BCUT2D eigenvalue weighted by Crippen LogP contribution is -2.50. The van der Waals surface area contributed by atoms with Gasteiger partial charge in [-0.2, -0.15) is 5.10 Å². The molecule has 0 bridgehead atoms. The maximum Gasteiger partial charge on any atom is 0.275 e. The van der Waals surface area contributed by atoms with E-state index in [2.05, 4.69) is 21.9 Å². The van der Waals surface area contributed by atoms with Crippen LogP contribution in [0.25, 0.3) is 10.8 Å². The number of benzene rings is 1. The molecule has 0 unspecified atom stereocenters. The minimum Gasteiger partial charge on any atom is -0.339 e. The summed E-state index contributed by atoms with van der Waals surface area (Å²) in [5.41, 5.74) is 1.62. The minimum atomic E-state index is -0.223. The van der Waals surface area contributed by atoms with Gasteiger partial charge in [0.15, 0.2) is 0 Å². The third kappa shape index (κ3) is 4.19. The number of carbonyl (C=O) groups is 1. The Balaban J connectivity index is 1.63. The molecule has 1 aliphatic heterocycles. The van der Waals surface area contributed by atoms with Gasteiger partial charge in [-0.05, 0) is 30.3 Å². The van der Waals surface area contributed by atoms with Crippen molar-refractivity contribution in [3.63, 3.8) is 0 Å². The van der Waals surface area contributed by atoms with Crippen LogP contribution in [0.15, 0.2) is 53.6 Å². The topological polar surface area (TPSA) is 71.3 Å². The molecule has 29 heavy (non-hydrogen) atoms. The Hall–Kier alpha value is -3.06. The molecule has 1 amide bonds. The van der Waals surface area contributed by atoms with Crippen LogP contribution in [0.4, 0.5) is 0 Å². The first-order chi connectivity index (χ1) is 14.2. The largest absolute Gasteiger partial charge is 0.339 e. The van der Waals surface area contributed by atoms with Gasteiger partial charge in [0.1, 0.15) is 6.54 Å². The van der Waals surface area contributed by atoms with Crippen LogP contribution in [0.3, 0.4) is 0 Å². The van der Waals surface area contributed by atoms with E-state index in [-0.39, 0.29) is 18.0 Å². The maximum atomic E-state index is 13.0. The lowest BCUT2D eigenvalue weighted by atomic mass is 10.1. The summed E-state index contributed by atoms with van der Waals surface area (Å²) in [4.78, 5) is 34.0. The Morgan fingerprint density at radius 3 is 2.38 bits per heavy atom. The average Bonchev–Trinajstić information content (AvgIpc) is 2.77. The molecule has 4 rings (SSSR count). The number of likely N-dealkylation sites (N-methyl/N-ethyl adjacent to an activating group) is 1. The Morgan fingerprint density at radius 1 is 1.00 bits per heavy atom. The second kappa shape index (κ2) is 8.53. The summed E-state index contributed by atoms with van der Waals surface area (Å²) in [7, 11) is 0. The quantitative estimate of drug-likeness (QED) is 0.660. The van der Waals surface area contributed by atoms with Gasteiger partial charge in [-0.1, -0.05) is 25.1 Å². The molecule has 1 aliphatic rings. The third-order valence-corrected chi connectivity index (χ3v) is 5.52. The highest BCUT2D eigenvalue weighted by Gasteiger charge is 2.21. The molecular formula is C22H25N5O2. The molecule has 7 heteroatoms. The van der Waals surface area contributed by atoms with E-state index in [1.807, 2.05) is 35.2 Å². The number of fused-ring (bicyclic) bond motifs is 1. The lowest BCUT2D eigenvalue weighted by Gasteiger charge is -2.34. The van der Waals surface area contributed by atoms with Crippen molar-refractivity contribution in [2.24, 2.45) is 0 Å². The summed E-state index contributed by atoms with van der Waals surface area (Å²) in [6.45, 7) is 6.22. The summed E-state index contributed by atoms with van der Waals surface area (Å²) >= 11 is 0. The number of piperazine rings is 1.